The number of ether oxygens (including phenoxy) is 1. The van der Waals surface area contributed by atoms with Gasteiger partial charge in [0.2, 0.25) is 11.8 Å². The third-order valence-electron chi connectivity index (χ3n) is 8.61. The smallest absolute Gasteiger partial charge is 0.262 e. The summed E-state index contributed by atoms with van der Waals surface area (Å²) in [4.78, 5) is 53.2. The average molecular weight is 481 g/mol. The molecule has 4 fully saturated rings. The first-order chi connectivity index (χ1) is 16.8. The highest BCUT2D eigenvalue weighted by Crippen LogP contribution is 2.50. The molecule has 0 bridgehead atoms. The molecule has 6 rings (SSSR count). The van der Waals surface area contributed by atoms with Gasteiger partial charge in [-0.25, -0.2) is 0 Å². The number of hydrogen-bond donors (Lipinski definition) is 2. The van der Waals surface area contributed by atoms with E-state index in [-0.39, 0.29) is 36.0 Å². The van der Waals surface area contributed by atoms with Gasteiger partial charge in [0.15, 0.2) is 0 Å². The number of carbonyl (C=O) groups is 4. The predicted octanol–water partition coefficient (Wildman–Crippen LogP) is 1.17. The summed E-state index contributed by atoms with van der Waals surface area (Å²) >= 11 is 0. The summed E-state index contributed by atoms with van der Waals surface area (Å²) in [5.41, 5.74) is 0.528. The Bertz CT molecular complexity index is 1090. The van der Waals surface area contributed by atoms with E-state index in [9.17, 15) is 19.2 Å². The fourth-order valence-corrected chi connectivity index (χ4v) is 6.46. The van der Waals surface area contributed by atoms with Crippen molar-refractivity contribution in [2.45, 2.75) is 63.8 Å². The van der Waals surface area contributed by atoms with Crippen molar-refractivity contribution in [3.63, 3.8) is 0 Å². The lowest BCUT2D eigenvalue weighted by molar-refractivity contribution is -0.136. The zero-order valence-corrected chi connectivity index (χ0v) is 20.2. The molecule has 0 spiro atoms. The molecule has 0 aromatic heterocycles. The molecule has 9 nitrogen and oxygen atoms in total. The number of fused-ring (bicyclic) bond motifs is 2. The number of nitrogens with one attached hydrogen (secondary N) is 2. The molecule has 1 aromatic carbocycles. The number of rotatable bonds is 7. The third kappa shape index (κ3) is 3.85. The Balaban J connectivity index is 1.08. The van der Waals surface area contributed by atoms with Crippen LogP contribution in [0.25, 0.3) is 0 Å². The van der Waals surface area contributed by atoms with Gasteiger partial charge in [0, 0.05) is 37.9 Å². The lowest BCUT2D eigenvalue weighted by Crippen LogP contribution is -2.54. The molecular weight excluding hydrogens is 448 g/mol. The van der Waals surface area contributed by atoms with Gasteiger partial charge in [-0.05, 0) is 69.3 Å². The molecule has 3 heterocycles. The van der Waals surface area contributed by atoms with Crippen molar-refractivity contribution in [1.29, 1.82) is 0 Å². The minimum absolute atomic E-state index is 0.0816. The second-order valence-corrected chi connectivity index (χ2v) is 11.0. The molecule has 2 N–H and O–H groups in total. The molecule has 5 aliphatic rings. The van der Waals surface area contributed by atoms with Gasteiger partial charge in [0.25, 0.3) is 11.8 Å². The Morgan fingerprint density at radius 1 is 1.06 bits per heavy atom. The van der Waals surface area contributed by atoms with Crippen LogP contribution in [0.3, 0.4) is 0 Å². The van der Waals surface area contributed by atoms with Crippen molar-refractivity contribution in [2.75, 3.05) is 19.6 Å². The predicted molar refractivity (Wildman–Crippen MR) is 126 cm³/mol. The van der Waals surface area contributed by atoms with E-state index < -0.39 is 23.8 Å². The van der Waals surface area contributed by atoms with Gasteiger partial charge in [0.05, 0.1) is 11.1 Å². The molecule has 9 heteroatoms. The van der Waals surface area contributed by atoms with Crippen molar-refractivity contribution in [3.05, 3.63) is 29.3 Å². The van der Waals surface area contributed by atoms with E-state index in [1.807, 2.05) is 0 Å². The number of benzene rings is 1. The van der Waals surface area contributed by atoms with Gasteiger partial charge in [-0.15, -0.1) is 0 Å². The maximum Gasteiger partial charge on any atom is 0.262 e. The van der Waals surface area contributed by atoms with Crippen molar-refractivity contribution in [3.8, 4) is 5.75 Å². The summed E-state index contributed by atoms with van der Waals surface area (Å²) in [5, 5.41) is 5.69. The third-order valence-corrected chi connectivity index (χ3v) is 8.61. The van der Waals surface area contributed by atoms with Gasteiger partial charge in [-0.1, -0.05) is 0 Å². The highest BCUT2D eigenvalue weighted by atomic mass is 16.5. The summed E-state index contributed by atoms with van der Waals surface area (Å²) in [5.74, 6) is 1.11. The number of imide groups is 2. The SMILES string of the molecule is CC(C)N(CC1C2CNC[C@@H]21)C1CC(Oc2ccc3c(c2)C(=O)N(C2CCC(=O)NC2=O)C3=O)C1. The number of amides is 4. The largest absolute Gasteiger partial charge is 0.490 e. The van der Waals surface area contributed by atoms with E-state index in [0.29, 0.717) is 17.8 Å². The van der Waals surface area contributed by atoms with E-state index in [2.05, 4.69) is 29.4 Å². The Hall–Kier alpha value is -2.78. The van der Waals surface area contributed by atoms with E-state index in [1.54, 1.807) is 18.2 Å². The van der Waals surface area contributed by atoms with E-state index in [1.165, 1.54) is 0 Å². The summed E-state index contributed by atoms with van der Waals surface area (Å²) in [7, 11) is 0. The van der Waals surface area contributed by atoms with Crippen LogP contribution in [-0.2, 0) is 9.59 Å². The van der Waals surface area contributed by atoms with Crippen molar-refractivity contribution < 1.29 is 23.9 Å². The molecule has 186 valence electrons. The number of carbonyl (C=O) groups excluding carboxylic acids is 4. The second-order valence-electron chi connectivity index (χ2n) is 11.0. The van der Waals surface area contributed by atoms with Crippen LogP contribution in [-0.4, -0.2) is 77.3 Å². The molecular formula is C26H32N4O5. The second kappa shape index (κ2) is 8.41. The normalized spacial score (nSPS) is 33.7. The monoisotopic (exact) mass is 480 g/mol. The van der Waals surface area contributed by atoms with Crippen molar-refractivity contribution in [1.82, 2.24) is 20.4 Å². The van der Waals surface area contributed by atoms with Crippen LogP contribution < -0.4 is 15.4 Å². The molecule has 3 aliphatic heterocycles. The zero-order valence-electron chi connectivity index (χ0n) is 20.2. The summed E-state index contributed by atoms with van der Waals surface area (Å²) in [6, 6.07) is 5.00. The molecule has 4 atom stereocenters. The lowest BCUT2D eigenvalue weighted by atomic mass is 9.86. The van der Waals surface area contributed by atoms with Crippen LogP contribution >= 0.6 is 0 Å². The summed E-state index contributed by atoms with van der Waals surface area (Å²) in [6.07, 6.45) is 2.23. The molecule has 35 heavy (non-hydrogen) atoms. The van der Waals surface area contributed by atoms with E-state index in [0.717, 1.165) is 55.1 Å². The zero-order chi connectivity index (χ0) is 24.4. The fraction of sp³-hybridized carbons (Fsp3) is 0.615. The standard InChI is InChI=1S/C26H32N4O5/c1-13(2)29(12-21-19-10-27-11-20(19)21)14-7-16(8-14)35-15-3-4-17-18(9-15)26(34)30(25(17)33)22-5-6-23(31)28-24(22)32/h3-4,9,13-14,16,19-22,27H,5-8,10-12H2,1-2H3,(H,28,31,32)/t14?,16?,19-,20?,21?,22?/m0/s1. The molecule has 2 saturated carbocycles. The highest BCUT2D eigenvalue weighted by molar-refractivity contribution is 6.23. The maximum absolute atomic E-state index is 13.0. The topological polar surface area (TPSA) is 108 Å². The Morgan fingerprint density at radius 3 is 2.46 bits per heavy atom. The molecule has 4 amide bonds. The molecule has 0 radical (unpaired) electrons. The van der Waals surface area contributed by atoms with Gasteiger partial charge in [0.1, 0.15) is 17.9 Å². The summed E-state index contributed by atoms with van der Waals surface area (Å²) in [6.45, 7) is 8.03. The summed E-state index contributed by atoms with van der Waals surface area (Å²) < 4.78 is 6.19. The fourth-order valence-electron chi connectivity index (χ4n) is 6.46. The van der Waals surface area contributed by atoms with Gasteiger partial charge < -0.3 is 10.1 Å². The Kier molecular flexibility index (Phi) is 5.45. The van der Waals surface area contributed by atoms with Gasteiger partial charge >= 0.3 is 0 Å². The highest BCUT2D eigenvalue weighted by Gasteiger charge is 2.54. The van der Waals surface area contributed by atoms with Crippen LogP contribution in [0, 0.1) is 17.8 Å². The number of nitrogens with zero attached hydrogens (tertiary/aromatic N) is 2. The lowest BCUT2D eigenvalue weighted by Gasteiger charge is -2.45. The van der Waals surface area contributed by atoms with Crippen LogP contribution in [0.1, 0.15) is 60.2 Å². The molecule has 2 aliphatic carbocycles. The van der Waals surface area contributed by atoms with Gasteiger partial charge in [-0.3, -0.25) is 34.3 Å². The van der Waals surface area contributed by atoms with Crippen LogP contribution in [0.5, 0.6) is 5.75 Å². The first-order valence-electron chi connectivity index (χ1n) is 12.8. The Morgan fingerprint density at radius 2 is 1.77 bits per heavy atom. The average Bonchev–Trinajstić information content (AvgIpc) is 3.10. The van der Waals surface area contributed by atoms with Crippen LogP contribution in [0.2, 0.25) is 0 Å². The van der Waals surface area contributed by atoms with Gasteiger partial charge in [-0.2, -0.15) is 0 Å². The quantitative estimate of drug-likeness (QED) is 0.564. The molecule has 2 saturated heterocycles. The maximum atomic E-state index is 13.0. The first kappa shape index (κ1) is 22.7. The molecule has 1 aromatic rings. The minimum Gasteiger partial charge on any atom is -0.490 e. The minimum atomic E-state index is -0.958. The van der Waals surface area contributed by atoms with Crippen molar-refractivity contribution >= 4 is 23.6 Å². The van der Waals surface area contributed by atoms with Crippen molar-refractivity contribution in [2.24, 2.45) is 17.8 Å². The van der Waals surface area contributed by atoms with E-state index in [4.69, 9.17) is 4.74 Å². The Labute approximate surface area is 204 Å². The first-order valence-corrected chi connectivity index (χ1v) is 12.8. The van der Waals surface area contributed by atoms with E-state index >= 15 is 0 Å². The number of hydrogen-bond acceptors (Lipinski definition) is 7. The van der Waals surface area contributed by atoms with Crippen LogP contribution in [0.4, 0.5) is 0 Å². The molecule has 3 unspecified atom stereocenters. The number of piperidine rings is 2. The van der Waals surface area contributed by atoms with Crippen LogP contribution in [0.15, 0.2) is 18.2 Å².